The van der Waals surface area contributed by atoms with E-state index in [1.807, 2.05) is 20.8 Å². The van der Waals surface area contributed by atoms with Crippen molar-refractivity contribution in [2.75, 3.05) is 13.6 Å². The van der Waals surface area contributed by atoms with E-state index < -0.39 is 29.3 Å². The van der Waals surface area contributed by atoms with Crippen molar-refractivity contribution in [1.29, 1.82) is 0 Å². The number of benzene rings is 5. The van der Waals surface area contributed by atoms with Crippen LogP contribution in [-0.4, -0.2) is 37.5 Å². The normalized spacial score (nSPS) is 10.9. The number of hydrogen-bond donors (Lipinski definition) is 0. The first-order chi connectivity index (χ1) is 23.9. The van der Waals surface area contributed by atoms with Crippen LogP contribution in [0.3, 0.4) is 0 Å². The highest BCUT2D eigenvalue weighted by atomic mass is 16.7. The van der Waals surface area contributed by atoms with Crippen molar-refractivity contribution in [3.8, 4) is 23.0 Å². The van der Waals surface area contributed by atoms with Gasteiger partial charge in [0.2, 0.25) is 13.6 Å². The van der Waals surface area contributed by atoms with Crippen molar-refractivity contribution < 1.29 is 47.6 Å². The Bertz CT molecular complexity index is 2120. The fraction of sp³-hybridized carbons (Fsp3) is 0.150. The van der Waals surface area contributed by atoms with Crippen molar-refractivity contribution in [1.82, 2.24) is 0 Å². The Kier molecular flexibility index (Phi) is 10.6. The van der Waals surface area contributed by atoms with Crippen molar-refractivity contribution >= 4 is 45.4 Å². The molecule has 10 heteroatoms. The van der Waals surface area contributed by atoms with E-state index in [0.29, 0.717) is 39.7 Å². The Morgan fingerprint density at radius 1 is 0.560 bits per heavy atom. The van der Waals surface area contributed by atoms with E-state index in [1.165, 1.54) is 0 Å². The van der Waals surface area contributed by atoms with Gasteiger partial charge in [-0.25, -0.2) is 19.2 Å². The first kappa shape index (κ1) is 34.9. The summed E-state index contributed by atoms with van der Waals surface area (Å²) in [7, 11) is 0. The smallest absolute Gasteiger partial charge is 0.343 e. The van der Waals surface area contributed by atoms with E-state index in [2.05, 4.69) is 13.2 Å². The van der Waals surface area contributed by atoms with Gasteiger partial charge in [0.05, 0.1) is 11.1 Å². The molecule has 50 heavy (non-hydrogen) atoms. The van der Waals surface area contributed by atoms with E-state index >= 15 is 0 Å². The Hall–Kier alpha value is -6.42. The van der Waals surface area contributed by atoms with E-state index in [-0.39, 0.29) is 13.6 Å². The quantitative estimate of drug-likeness (QED) is 0.0559. The summed E-state index contributed by atoms with van der Waals surface area (Å²) < 4.78 is 32.2. The predicted molar refractivity (Wildman–Crippen MR) is 187 cm³/mol. The summed E-state index contributed by atoms with van der Waals surface area (Å²) in [5, 5.41) is 3.18. The SMILES string of the molecule is C=CC(=O)OCOc1ccc2cc(C(=O)Oc3ccc(OC(=O)c4ccc5cc(OCOC(=O)C=C)ccc5c4)c(C(C)(C)C)c3)ccc2c1. The van der Waals surface area contributed by atoms with E-state index in [9.17, 15) is 19.2 Å². The zero-order valence-electron chi connectivity index (χ0n) is 27.7. The maximum absolute atomic E-state index is 13.3. The Morgan fingerprint density at radius 3 is 1.48 bits per heavy atom. The Labute approximate surface area is 288 Å². The molecule has 0 fully saturated rings. The van der Waals surface area contributed by atoms with Crippen molar-refractivity contribution in [2.24, 2.45) is 0 Å². The lowest BCUT2D eigenvalue weighted by atomic mass is 9.86. The number of rotatable bonds is 12. The average Bonchev–Trinajstić information content (AvgIpc) is 3.11. The van der Waals surface area contributed by atoms with Gasteiger partial charge in [0.1, 0.15) is 23.0 Å². The summed E-state index contributed by atoms with van der Waals surface area (Å²) in [6.07, 6.45) is 2.10. The molecule has 0 saturated heterocycles. The predicted octanol–water partition coefficient (Wildman–Crippen LogP) is 7.86. The first-order valence-electron chi connectivity index (χ1n) is 15.4. The van der Waals surface area contributed by atoms with Crippen LogP contribution in [0.15, 0.2) is 116 Å². The molecule has 0 unspecified atom stereocenters. The maximum atomic E-state index is 13.3. The highest BCUT2D eigenvalue weighted by molar-refractivity contribution is 5.98. The van der Waals surface area contributed by atoms with Crippen molar-refractivity contribution in [3.63, 3.8) is 0 Å². The van der Waals surface area contributed by atoms with Gasteiger partial charge < -0.3 is 28.4 Å². The molecule has 0 spiro atoms. The van der Waals surface area contributed by atoms with Crippen LogP contribution >= 0.6 is 0 Å². The molecule has 0 atom stereocenters. The Morgan fingerprint density at radius 2 is 1.00 bits per heavy atom. The minimum Gasteiger partial charge on any atom is -0.457 e. The zero-order valence-corrected chi connectivity index (χ0v) is 27.7. The van der Waals surface area contributed by atoms with Crippen LogP contribution in [0.1, 0.15) is 47.1 Å². The summed E-state index contributed by atoms with van der Waals surface area (Å²) in [6.45, 7) is 12.1. The van der Waals surface area contributed by atoms with Gasteiger partial charge in [-0.15, -0.1) is 0 Å². The third-order valence-corrected chi connectivity index (χ3v) is 7.45. The molecule has 0 amide bonds. The first-order valence-corrected chi connectivity index (χ1v) is 15.4. The summed E-state index contributed by atoms with van der Waals surface area (Å²) in [5.74, 6) is -0.674. The largest absolute Gasteiger partial charge is 0.457 e. The van der Waals surface area contributed by atoms with Gasteiger partial charge in [-0.05, 0) is 93.7 Å². The number of fused-ring (bicyclic) bond motifs is 2. The molecular weight excluding hydrogens is 640 g/mol. The number of carbonyl (C=O) groups is 4. The third kappa shape index (κ3) is 8.73. The molecule has 0 aliphatic heterocycles. The fourth-order valence-corrected chi connectivity index (χ4v) is 4.88. The van der Waals surface area contributed by atoms with Gasteiger partial charge in [-0.3, -0.25) is 0 Å². The third-order valence-electron chi connectivity index (χ3n) is 7.45. The minimum absolute atomic E-state index is 0.254. The number of hydrogen-bond acceptors (Lipinski definition) is 10. The summed E-state index contributed by atoms with van der Waals surface area (Å²) in [6, 6.07) is 25.6. The van der Waals surface area contributed by atoms with Crippen LogP contribution < -0.4 is 18.9 Å². The molecule has 0 N–H and O–H groups in total. The molecule has 5 aromatic rings. The van der Waals surface area contributed by atoms with Gasteiger partial charge in [-0.1, -0.05) is 58.2 Å². The van der Waals surface area contributed by atoms with E-state index in [4.69, 9.17) is 28.4 Å². The second kappa shape index (κ2) is 15.2. The van der Waals surface area contributed by atoms with E-state index in [1.54, 1.807) is 91.0 Å². The average molecular weight is 675 g/mol. The van der Waals surface area contributed by atoms with Gasteiger partial charge in [0.15, 0.2) is 0 Å². The molecule has 0 aliphatic carbocycles. The van der Waals surface area contributed by atoms with Crippen LogP contribution in [0.2, 0.25) is 0 Å². The summed E-state index contributed by atoms with van der Waals surface area (Å²) >= 11 is 0. The molecule has 5 rings (SSSR count). The Balaban J connectivity index is 1.27. The second-order valence-corrected chi connectivity index (χ2v) is 12.0. The molecular formula is C40H34O10. The molecule has 5 aromatic carbocycles. The number of ether oxygens (including phenoxy) is 6. The van der Waals surface area contributed by atoms with E-state index in [0.717, 1.165) is 33.7 Å². The van der Waals surface area contributed by atoms with Crippen LogP contribution in [0, 0.1) is 0 Å². The summed E-state index contributed by atoms with van der Waals surface area (Å²) in [4.78, 5) is 48.9. The van der Waals surface area contributed by atoms with Gasteiger partial charge in [-0.2, -0.15) is 0 Å². The zero-order chi connectivity index (χ0) is 35.8. The second-order valence-electron chi connectivity index (χ2n) is 12.0. The number of esters is 4. The van der Waals surface area contributed by atoms with Crippen molar-refractivity contribution in [2.45, 2.75) is 26.2 Å². The number of carbonyl (C=O) groups excluding carboxylic acids is 4. The molecule has 0 radical (unpaired) electrons. The van der Waals surface area contributed by atoms with Crippen LogP contribution in [0.5, 0.6) is 23.0 Å². The van der Waals surface area contributed by atoms with Crippen molar-refractivity contribution in [3.05, 3.63) is 133 Å². The molecule has 254 valence electrons. The van der Waals surface area contributed by atoms with Gasteiger partial charge >= 0.3 is 23.9 Å². The molecule has 0 aliphatic rings. The standard InChI is InChI=1S/C40H34O10/c1-6-36(41)47-23-45-31-14-12-25-18-29(10-8-27(25)20-31)38(43)49-33-16-17-35(34(22-33)40(3,4)5)50-39(44)30-11-9-28-21-32(15-13-26(28)19-30)46-24-48-37(42)7-2/h6-22H,1-2,23-24H2,3-5H3. The fourth-order valence-electron chi connectivity index (χ4n) is 4.88. The lowest BCUT2D eigenvalue weighted by Crippen LogP contribution is -2.17. The highest BCUT2D eigenvalue weighted by Crippen LogP contribution is 2.35. The van der Waals surface area contributed by atoms with Gasteiger partial charge in [0, 0.05) is 17.7 Å². The lowest BCUT2D eigenvalue weighted by Gasteiger charge is -2.23. The molecule has 0 saturated carbocycles. The maximum Gasteiger partial charge on any atom is 0.343 e. The lowest BCUT2D eigenvalue weighted by molar-refractivity contribution is -0.145. The monoisotopic (exact) mass is 674 g/mol. The summed E-state index contributed by atoms with van der Waals surface area (Å²) in [5.41, 5.74) is 0.878. The highest BCUT2D eigenvalue weighted by Gasteiger charge is 2.23. The molecule has 0 bridgehead atoms. The van der Waals surface area contributed by atoms with Crippen LogP contribution in [-0.2, 0) is 24.5 Å². The molecule has 10 nitrogen and oxygen atoms in total. The van der Waals surface area contributed by atoms with Crippen LogP contribution in [0.4, 0.5) is 0 Å². The topological polar surface area (TPSA) is 124 Å². The molecule has 0 aromatic heterocycles. The molecule has 0 heterocycles. The van der Waals surface area contributed by atoms with Gasteiger partial charge in [0.25, 0.3) is 0 Å². The minimum atomic E-state index is -0.587. The van der Waals surface area contributed by atoms with Crippen LogP contribution in [0.25, 0.3) is 21.5 Å².